The number of aromatic nitrogens is 1. The van der Waals surface area contributed by atoms with Gasteiger partial charge in [-0.2, -0.15) is 0 Å². The van der Waals surface area contributed by atoms with Gasteiger partial charge in [0.2, 0.25) is 5.91 Å². The zero-order valence-corrected chi connectivity index (χ0v) is 18.8. The summed E-state index contributed by atoms with van der Waals surface area (Å²) in [4.78, 5) is 35.4. The van der Waals surface area contributed by atoms with E-state index >= 15 is 0 Å². The summed E-state index contributed by atoms with van der Waals surface area (Å²) in [5.41, 5.74) is 1.18. The Morgan fingerprint density at radius 3 is 2.43 bits per heavy atom. The van der Waals surface area contributed by atoms with Gasteiger partial charge in [0.1, 0.15) is 5.69 Å². The molecule has 2 aliphatic rings. The Kier molecular flexibility index (Phi) is 6.77. The molecule has 1 N–H and O–H groups in total. The average Bonchev–Trinajstić information content (AvgIpc) is 3.43. The van der Waals surface area contributed by atoms with Crippen LogP contribution < -0.4 is 5.32 Å². The summed E-state index contributed by atoms with van der Waals surface area (Å²) in [6, 6.07) is 5.23. The SMILES string of the molecule is O=C(CN1CCN(C(=O)c2csc(Nc3ccc(Cl)c(Cl)c3)n2)CC1)N1CCCC1. The van der Waals surface area contributed by atoms with Crippen LogP contribution in [0.1, 0.15) is 23.3 Å². The molecule has 10 heteroatoms. The second kappa shape index (κ2) is 9.51. The van der Waals surface area contributed by atoms with Crippen molar-refractivity contribution in [3.63, 3.8) is 0 Å². The first-order valence-electron chi connectivity index (χ1n) is 9.96. The number of hydrogen-bond acceptors (Lipinski definition) is 6. The number of hydrogen-bond donors (Lipinski definition) is 1. The maximum Gasteiger partial charge on any atom is 0.273 e. The van der Waals surface area contributed by atoms with E-state index in [1.807, 2.05) is 4.90 Å². The topological polar surface area (TPSA) is 68.8 Å². The number of amides is 2. The number of nitrogens with one attached hydrogen (secondary N) is 1. The highest BCUT2D eigenvalue weighted by molar-refractivity contribution is 7.14. The van der Waals surface area contributed by atoms with Crippen LogP contribution in [-0.4, -0.2) is 77.3 Å². The van der Waals surface area contributed by atoms with Crippen molar-refractivity contribution in [2.24, 2.45) is 0 Å². The summed E-state index contributed by atoms with van der Waals surface area (Å²) < 4.78 is 0. The van der Waals surface area contributed by atoms with Crippen LogP contribution >= 0.6 is 34.5 Å². The highest BCUT2D eigenvalue weighted by Gasteiger charge is 2.26. The molecule has 2 aliphatic heterocycles. The van der Waals surface area contributed by atoms with Crippen LogP contribution in [0.15, 0.2) is 23.6 Å². The normalized spacial score (nSPS) is 17.4. The summed E-state index contributed by atoms with van der Waals surface area (Å²) in [5, 5.41) is 6.46. The van der Waals surface area contributed by atoms with Gasteiger partial charge in [-0.1, -0.05) is 23.2 Å². The number of piperazine rings is 1. The maximum atomic E-state index is 12.8. The first kappa shape index (κ1) is 21.4. The molecule has 7 nitrogen and oxygen atoms in total. The second-order valence-electron chi connectivity index (χ2n) is 7.45. The van der Waals surface area contributed by atoms with Crippen LogP contribution in [0, 0.1) is 0 Å². The number of anilines is 2. The fourth-order valence-corrected chi connectivity index (χ4v) is 4.66. The van der Waals surface area contributed by atoms with E-state index in [2.05, 4.69) is 15.2 Å². The Morgan fingerprint density at radius 2 is 1.73 bits per heavy atom. The molecular formula is C20H23Cl2N5O2S. The van der Waals surface area contributed by atoms with Crippen molar-refractivity contribution < 1.29 is 9.59 Å². The molecule has 1 aromatic carbocycles. The predicted octanol–water partition coefficient (Wildman–Crippen LogP) is 3.57. The summed E-state index contributed by atoms with van der Waals surface area (Å²) in [6.07, 6.45) is 2.20. The van der Waals surface area contributed by atoms with E-state index in [0.717, 1.165) is 31.6 Å². The van der Waals surface area contributed by atoms with Gasteiger partial charge in [0, 0.05) is 50.3 Å². The molecule has 1 aromatic heterocycles. The fourth-order valence-electron chi connectivity index (χ4n) is 3.66. The van der Waals surface area contributed by atoms with Crippen LogP contribution in [-0.2, 0) is 4.79 Å². The third kappa shape index (κ3) is 5.06. The van der Waals surface area contributed by atoms with E-state index in [9.17, 15) is 9.59 Å². The molecule has 0 radical (unpaired) electrons. The molecule has 0 spiro atoms. The molecular weight excluding hydrogens is 445 g/mol. The summed E-state index contributed by atoms with van der Waals surface area (Å²) in [5.74, 6) is 0.115. The second-order valence-corrected chi connectivity index (χ2v) is 9.12. The third-order valence-electron chi connectivity index (χ3n) is 5.37. The summed E-state index contributed by atoms with van der Waals surface area (Å²) in [6.45, 7) is 4.78. The number of likely N-dealkylation sites (tertiary alicyclic amines) is 1. The van der Waals surface area contributed by atoms with E-state index in [4.69, 9.17) is 23.2 Å². The summed E-state index contributed by atoms with van der Waals surface area (Å²) >= 11 is 13.3. The molecule has 0 bridgehead atoms. The van der Waals surface area contributed by atoms with E-state index in [1.54, 1.807) is 28.5 Å². The lowest BCUT2D eigenvalue weighted by Crippen LogP contribution is -2.51. The van der Waals surface area contributed by atoms with E-state index in [1.165, 1.54) is 11.3 Å². The Hall–Kier alpha value is -1.87. The van der Waals surface area contributed by atoms with Crippen molar-refractivity contribution in [3.05, 3.63) is 39.3 Å². The first-order valence-corrected chi connectivity index (χ1v) is 11.6. The number of thiazole rings is 1. The van der Waals surface area contributed by atoms with Crippen molar-refractivity contribution in [2.75, 3.05) is 51.1 Å². The zero-order valence-electron chi connectivity index (χ0n) is 16.4. The molecule has 0 saturated carbocycles. The van der Waals surface area contributed by atoms with Gasteiger partial charge in [0.15, 0.2) is 5.13 Å². The van der Waals surface area contributed by atoms with Crippen LogP contribution in [0.4, 0.5) is 10.8 Å². The van der Waals surface area contributed by atoms with Gasteiger partial charge >= 0.3 is 0 Å². The Balaban J connectivity index is 1.29. The Morgan fingerprint density at radius 1 is 1.00 bits per heavy atom. The molecule has 30 heavy (non-hydrogen) atoms. The molecule has 4 rings (SSSR count). The molecule has 160 valence electrons. The van der Waals surface area contributed by atoms with Gasteiger partial charge in [0.25, 0.3) is 5.91 Å². The molecule has 2 fully saturated rings. The van der Waals surface area contributed by atoms with Gasteiger partial charge in [-0.05, 0) is 31.0 Å². The minimum absolute atomic E-state index is 0.0843. The lowest BCUT2D eigenvalue weighted by molar-refractivity contribution is -0.131. The molecule has 2 aromatic rings. The average molecular weight is 468 g/mol. The molecule has 0 atom stereocenters. The number of benzene rings is 1. The Bertz CT molecular complexity index is 924. The number of rotatable bonds is 5. The quantitative estimate of drug-likeness (QED) is 0.727. The number of nitrogens with zero attached hydrogens (tertiary/aromatic N) is 4. The molecule has 2 saturated heterocycles. The van der Waals surface area contributed by atoms with Crippen molar-refractivity contribution in [2.45, 2.75) is 12.8 Å². The van der Waals surface area contributed by atoms with Gasteiger partial charge in [0.05, 0.1) is 16.6 Å². The van der Waals surface area contributed by atoms with Gasteiger partial charge in [-0.25, -0.2) is 4.98 Å². The molecule has 0 aliphatic carbocycles. The molecule has 0 unspecified atom stereocenters. The number of halogens is 2. The zero-order chi connectivity index (χ0) is 21.1. The van der Waals surface area contributed by atoms with Crippen LogP contribution in [0.25, 0.3) is 0 Å². The Labute approximate surface area is 189 Å². The highest BCUT2D eigenvalue weighted by atomic mass is 35.5. The van der Waals surface area contributed by atoms with Crippen molar-refractivity contribution in [3.8, 4) is 0 Å². The van der Waals surface area contributed by atoms with Crippen molar-refractivity contribution in [1.29, 1.82) is 0 Å². The molecule has 2 amide bonds. The van der Waals surface area contributed by atoms with Crippen LogP contribution in [0.5, 0.6) is 0 Å². The predicted molar refractivity (Wildman–Crippen MR) is 120 cm³/mol. The third-order valence-corrected chi connectivity index (χ3v) is 6.87. The minimum Gasteiger partial charge on any atom is -0.342 e. The lowest BCUT2D eigenvalue weighted by atomic mass is 10.3. The minimum atomic E-state index is -0.0843. The number of carbonyl (C=O) groups is 2. The van der Waals surface area contributed by atoms with Gasteiger partial charge < -0.3 is 15.1 Å². The largest absolute Gasteiger partial charge is 0.342 e. The fraction of sp³-hybridized carbons (Fsp3) is 0.450. The number of carbonyl (C=O) groups excluding carboxylic acids is 2. The van der Waals surface area contributed by atoms with E-state index < -0.39 is 0 Å². The molecule has 3 heterocycles. The van der Waals surface area contributed by atoms with Gasteiger partial charge in [-0.3, -0.25) is 14.5 Å². The monoisotopic (exact) mass is 467 g/mol. The van der Waals surface area contributed by atoms with Crippen LogP contribution in [0.3, 0.4) is 0 Å². The lowest BCUT2D eigenvalue weighted by Gasteiger charge is -2.34. The van der Waals surface area contributed by atoms with E-state index in [-0.39, 0.29) is 11.8 Å². The highest BCUT2D eigenvalue weighted by Crippen LogP contribution is 2.28. The smallest absolute Gasteiger partial charge is 0.273 e. The standard InChI is InChI=1S/C20H23Cl2N5O2S/c21-15-4-3-14(11-16(15)22)23-20-24-17(13-30-20)19(29)27-9-7-25(8-10-27)12-18(28)26-5-1-2-6-26/h3-4,11,13H,1-2,5-10,12H2,(H,23,24). The maximum absolute atomic E-state index is 12.8. The van der Waals surface area contributed by atoms with E-state index in [0.29, 0.717) is 53.6 Å². The van der Waals surface area contributed by atoms with Crippen molar-refractivity contribution in [1.82, 2.24) is 19.7 Å². The van der Waals surface area contributed by atoms with Crippen molar-refractivity contribution >= 4 is 57.2 Å². The summed E-state index contributed by atoms with van der Waals surface area (Å²) in [7, 11) is 0. The first-order chi connectivity index (χ1) is 14.5. The van der Waals surface area contributed by atoms with Gasteiger partial charge in [-0.15, -0.1) is 11.3 Å². The van der Waals surface area contributed by atoms with Crippen LogP contribution in [0.2, 0.25) is 10.0 Å².